The van der Waals surface area contributed by atoms with Gasteiger partial charge < -0.3 is 0 Å². The summed E-state index contributed by atoms with van der Waals surface area (Å²) in [5.41, 5.74) is 5.30. The Bertz CT molecular complexity index is 530. The molecule has 0 saturated heterocycles. The van der Waals surface area contributed by atoms with Gasteiger partial charge in [-0.05, 0) is 64.2 Å². The molecule has 0 radical (unpaired) electrons. The predicted molar refractivity (Wildman–Crippen MR) is 178 cm³/mol. The van der Waals surface area contributed by atoms with Crippen LogP contribution >= 0.6 is 0 Å². The molecule has 0 spiro atoms. The van der Waals surface area contributed by atoms with Crippen molar-refractivity contribution < 1.29 is 9.68 Å². The Hall–Kier alpha value is -0.760. The van der Waals surface area contributed by atoms with E-state index in [4.69, 9.17) is 15.5 Å². The summed E-state index contributed by atoms with van der Waals surface area (Å²) in [5.74, 6) is 5.76. The summed E-state index contributed by atoms with van der Waals surface area (Å²) in [6, 6.07) is 0. The van der Waals surface area contributed by atoms with Gasteiger partial charge in [0, 0.05) is 0 Å². The number of nitrogens with one attached hydrogen (secondary N) is 2. The normalized spacial score (nSPS) is 12.1. The lowest BCUT2D eigenvalue weighted by molar-refractivity contribution is -0.193. The molecule has 6 nitrogen and oxygen atoms in total. The molecule has 6 heteroatoms. The first-order chi connectivity index (χ1) is 20.3. The average Bonchev–Trinajstić information content (AvgIpc) is 2.98. The van der Waals surface area contributed by atoms with Crippen LogP contribution in [-0.2, 0) is 9.68 Å². The zero-order valence-electron chi connectivity index (χ0n) is 27.7. The number of hydrogen-bond acceptors (Lipinski definition) is 6. The van der Waals surface area contributed by atoms with Crippen molar-refractivity contribution in [2.75, 3.05) is 13.2 Å². The molecule has 0 fully saturated rings. The topological polar surface area (TPSA) is 71.8 Å². The highest BCUT2D eigenvalue weighted by Crippen LogP contribution is 2.11. The highest BCUT2D eigenvalue weighted by molar-refractivity contribution is 4.82. The second-order valence-corrected chi connectivity index (χ2v) is 11.8. The van der Waals surface area contributed by atoms with E-state index in [1.54, 1.807) is 0 Å². The molecule has 0 aliphatic heterocycles. The lowest BCUT2D eigenvalue weighted by Gasteiger charge is -2.17. The van der Waals surface area contributed by atoms with E-state index in [1.807, 2.05) is 0 Å². The third kappa shape index (κ3) is 37.2. The van der Waals surface area contributed by atoms with Crippen LogP contribution in [0.2, 0.25) is 0 Å². The van der Waals surface area contributed by atoms with Crippen molar-refractivity contribution in [1.82, 2.24) is 16.4 Å². The second kappa shape index (κ2) is 37.3. The first-order valence-corrected chi connectivity index (χ1v) is 17.9. The molecule has 0 amide bonds. The Labute approximate surface area is 256 Å². The van der Waals surface area contributed by atoms with Crippen LogP contribution in [0.1, 0.15) is 187 Å². The molecule has 0 aromatic heterocycles. The minimum absolute atomic E-state index is 0.641. The molecule has 244 valence electrons. The second-order valence-electron chi connectivity index (χ2n) is 11.8. The molecular weight excluding hydrogens is 508 g/mol. The van der Waals surface area contributed by atoms with E-state index in [2.05, 4.69) is 49.3 Å². The van der Waals surface area contributed by atoms with Crippen molar-refractivity contribution in [3.63, 3.8) is 0 Å². The Morgan fingerprint density at radius 1 is 0.415 bits per heavy atom. The van der Waals surface area contributed by atoms with Gasteiger partial charge in [0.1, 0.15) is 0 Å². The fourth-order valence-electron chi connectivity index (χ4n) is 4.92. The minimum atomic E-state index is 0.641. The molecule has 0 aliphatic rings. The molecule has 0 rings (SSSR count). The Balaban J connectivity index is 3.21. The van der Waals surface area contributed by atoms with Crippen LogP contribution in [0.3, 0.4) is 0 Å². The Morgan fingerprint density at radius 2 is 0.683 bits per heavy atom. The smallest absolute Gasteiger partial charge is 0.0699 e. The van der Waals surface area contributed by atoms with E-state index in [1.165, 1.54) is 161 Å². The van der Waals surface area contributed by atoms with E-state index in [0.29, 0.717) is 13.2 Å². The van der Waals surface area contributed by atoms with Gasteiger partial charge >= 0.3 is 0 Å². The monoisotopic (exact) mass is 581 g/mol. The van der Waals surface area contributed by atoms with Gasteiger partial charge in [0.05, 0.1) is 13.2 Å². The van der Waals surface area contributed by atoms with E-state index in [0.717, 1.165) is 18.1 Å². The SMILES string of the molecule is CCCCCCCC/C=C\CCCCCCCCONN(N)NOCCCCCCC/C=C\CCCCCCCC. The number of rotatable bonds is 35. The van der Waals surface area contributed by atoms with E-state index >= 15 is 0 Å². The number of hydrazine groups is 3. The molecule has 4 N–H and O–H groups in total. The van der Waals surface area contributed by atoms with Gasteiger partial charge in [-0.15, -0.1) is 11.2 Å². The zero-order chi connectivity index (χ0) is 29.7. The van der Waals surface area contributed by atoms with Crippen LogP contribution in [0.4, 0.5) is 0 Å². The van der Waals surface area contributed by atoms with Crippen molar-refractivity contribution in [1.29, 1.82) is 0 Å². The summed E-state index contributed by atoms with van der Waals surface area (Å²) in [5, 5.41) is 1.14. The number of unbranched alkanes of at least 4 members (excludes halogenated alkanes) is 23. The molecule has 0 heterocycles. The lowest BCUT2D eigenvalue weighted by Crippen LogP contribution is -2.52. The fourth-order valence-corrected chi connectivity index (χ4v) is 4.92. The zero-order valence-corrected chi connectivity index (χ0v) is 27.7. The molecule has 0 atom stereocenters. The van der Waals surface area contributed by atoms with Crippen molar-refractivity contribution >= 4 is 0 Å². The largest absolute Gasteiger partial charge is 0.284 e. The van der Waals surface area contributed by atoms with Crippen LogP contribution < -0.4 is 17.0 Å². The third-order valence-electron chi connectivity index (χ3n) is 7.59. The highest BCUT2D eigenvalue weighted by atomic mass is 16.8. The number of allylic oxidation sites excluding steroid dienone is 4. The predicted octanol–water partition coefficient (Wildman–Crippen LogP) is 10.7. The average molecular weight is 581 g/mol. The summed E-state index contributed by atoms with van der Waals surface area (Å²) < 4.78 is 0. The van der Waals surface area contributed by atoms with Gasteiger partial charge in [0.2, 0.25) is 0 Å². The summed E-state index contributed by atoms with van der Waals surface area (Å²) >= 11 is 0. The molecule has 0 saturated carbocycles. The van der Waals surface area contributed by atoms with Crippen molar-refractivity contribution in [2.24, 2.45) is 5.84 Å². The number of nitrogens with two attached hydrogens (primary N) is 1. The first kappa shape index (κ1) is 40.2. The Morgan fingerprint density at radius 3 is 1.00 bits per heavy atom. The summed E-state index contributed by atoms with van der Waals surface area (Å²) in [6.07, 6.45) is 44.7. The van der Waals surface area contributed by atoms with Crippen molar-refractivity contribution in [3.8, 4) is 0 Å². The van der Waals surface area contributed by atoms with Crippen molar-refractivity contribution in [3.05, 3.63) is 24.3 Å². The van der Waals surface area contributed by atoms with E-state index in [-0.39, 0.29) is 0 Å². The van der Waals surface area contributed by atoms with Gasteiger partial charge in [-0.2, -0.15) is 0 Å². The summed E-state index contributed by atoms with van der Waals surface area (Å²) in [7, 11) is 0. The molecular formula is C35H72N4O2. The quantitative estimate of drug-likeness (QED) is 0.0300. The Kier molecular flexibility index (Phi) is 36.6. The number of hydrogen-bond donors (Lipinski definition) is 3. The van der Waals surface area contributed by atoms with Gasteiger partial charge in [0.25, 0.3) is 0 Å². The van der Waals surface area contributed by atoms with Crippen LogP contribution in [0.5, 0.6) is 0 Å². The lowest BCUT2D eigenvalue weighted by atomic mass is 10.1. The van der Waals surface area contributed by atoms with Gasteiger partial charge in [0.15, 0.2) is 0 Å². The highest BCUT2D eigenvalue weighted by Gasteiger charge is 1.98. The van der Waals surface area contributed by atoms with Gasteiger partial charge in [-0.1, -0.05) is 153 Å². The minimum Gasteiger partial charge on any atom is -0.284 e. The fraction of sp³-hybridized carbons (Fsp3) is 0.886. The van der Waals surface area contributed by atoms with Gasteiger partial charge in [-0.25, -0.2) is 5.84 Å². The molecule has 0 aromatic carbocycles. The molecule has 0 bridgehead atoms. The van der Waals surface area contributed by atoms with Crippen LogP contribution in [-0.4, -0.2) is 18.4 Å². The maximum Gasteiger partial charge on any atom is 0.0699 e. The first-order valence-electron chi connectivity index (χ1n) is 17.9. The van der Waals surface area contributed by atoms with Crippen molar-refractivity contribution in [2.45, 2.75) is 187 Å². The van der Waals surface area contributed by atoms with E-state index in [9.17, 15) is 0 Å². The number of nitrogens with zero attached hydrogens (tertiary/aromatic N) is 1. The van der Waals surface area contributed by atoms with E-state index < -0.39 is 0 Å². The third-order valence-corrected chi connectivity index (χ3v) is 7.59. The summed E-state index contributed by atoms with van der Waals surface area (Å²) in [4.78, 5) is 10.8. The maximum absolute atomic E-state index is 5.76. The summed E-state index contributed by atoms with van der Waals surface area (Å²) in [6.45, 7) is 5.84. The maximum atomic E-state index is 5.76. The molecule has 41 heavy (non-hydrogen) atoms. The van der Waals surface area contributed by atoms with Gasteiger partial charge in [-0.3, -0.25) is 9.68 Å². The molecule has 0 aliphatic carbocycles. The standard InChI is InChI=1S/C35H72N4O2/c1-3-5-7-9-11-13-15-17-19-21-23-25-27-29-31-33-35-41-38-39(36)37-40-34-32-30-28-26-24-22-20-18-16-14-12-10-8-6-4-2/h17-20,37-38H,3-16,21-36H2,1-2H3/b19-17-,20-18-. The van der Waals surface area contributed by atoms with Crippen LogP contribution in [0, 0.1) is 0 Å². The molecule has 0 aromatic rings. The van der Waals surface area contributed by atoms with Crippen LogP contribution in [0.15, 0.2) is 24.3 Å². The molecule has 0 unspecified atom stereocenters. The van der Waals surface area contributed by atoms with Crippen LogP contribution in [0.25, 0.3) is 0 Å².